The SMILES string of the molecule is O=C(OC[C@H]1O[C@@H](n2ccc3ccc(Cl)cc3c2=S)[C@H](OC(=O)c2ccccc2)[C@H]1OC(=O)c1ccccc1)c1ccccc1. The van der Waals surface area contributed by atoms with E-state index in [0.29, 0.717) is 20.6 Å². The largest absolute Gasteiger partial charge is 0.459 e. The average Bonchev–Trinajstić information content (AvgIpc) is 3.40. The third kappa shape index (κ3) is 6.66. The number of carbonyl (C=O) groups is 3. The Bertz CT molecular complexity index is 1900. The number of aromatic nitrogens is 1. The third-order valence-corrected chi connectivity index (χ3v) is 8.01. The quantitative estimate of drug-likeness (QED) is 0.0997. The first-order chi connectivity index (χ1) is 21.9. The maximum Gasteiger partial charge on any atom is 0.338 e. The van der Waals surface area contributed by atoms with Gasteiger partial charge in [0.25, 0.3) is 0 Å². The molecule has 226 valence electrons. The molecule has 45 heavy (non-hydrogen) atoms. The van der Waals surface area contributed by atoms with Crippen molar-refractivity contribution in [3.8, 4) is 0 Å². The van der Waals surface area contributed by atoms with Crippen molar-refractivity contribution < 1.29 is 33.3 Å². The first kappa shape index (κ1) is 30.2. The van der Waals surface area contributed by atoms with Crippen LogP contribution in [-0.4, -0.2) is 47.4 Å². The molecule has 1 fully saturated rings. The van der Waals surface area contributed by atoms with E-state index in [1.54, 1.807) is 114 Å². The molecule has 6 rings (SSSR count). The lowest BCUT2D eigenvalue weighted by Gasteiger charge is -2.25. The number of halogens is 1. The van der Waals surface area contributed by atoms with Gasteiger partial charge in [-0.25, -0.2) is 14.4 Å². The van der Waals surface area contributed by atoms with E-state index in [-0.39, 0.29) is 17.7 Å². The van der Waals surface area contributed by atoms with Crippen molar-refractivity contribution in [3.63, 3.8) is 0 Å². The Morgan fingerprint density at radius 1 is 0.711 bits per heavy atom. The summed E-state index contributed by atoms with van der Waals surface area (Å²) < 4.78 is 26.1. The molecule has 1 aromatic heterocycles. The monoisotopic (exact) mass is 639 g/mol. The second-order valence-corrected chi connectivity index (χ2v) is 11.1. The number of carbonyl (C=O) groups excluding carboxylic acids is 3. The summed E-state index contributed by atoms with van der Waals surface area (Å²) in [6, 6.07) is 32.4. The van der Waals surface area contributed by atoms with Gasteiger partial charge in [0.05, 0.1) is 16.7 Å². The van der Waals surface area contributed by atoms with Crippen LogP contribution in [0.15, 0.2) is 121 Å². The van der Waals surface area contributed by atoms with Gasteiger partial charge in [-0.15, -0.1) is 0 Å². The molecule has 0 radical (unpaired) electrons. The van der Waals surface area contributed by atoms with Gasteiger partial charge < -0.3 is 23.5 Å². The Morgan fingerprint density at radius 2 is 1.24 bits per heavy atom. The van der Waals surface area contributed by atoms with Crippen molar-refractivity contribution in [2.24, 2.45) is 0 Å². The Morgan fingerprint density at radius 3 is 1.82 bits per heavy atom. The van der Waals surface area contributed by atoms with Crippen molar-refractivity contribution in [2.75, 3.05) is 6.61 Å². The molecule has 2 heterocycles. The Hall–Kier alpha value is -4.83. The second-order valence-electron chi connectivity index (χ2n) is 10.3. The molecular weight excluding hydrogens is 614 g/mol. The van der Waals surface area contributed by atoms with Crippen LogP contribution in [0.4, 0.5) is 0 Å². The molecular formula is C35H26ClNO7S. The highest BCUT2D eigenvalue weighted by atomic mass is 35.5. The van der Waals surface area contributed by atoms with E-state index in [1.807, 2.05) is 12.1 Å². The minimum absolute atomic E-state index is 0.283. The minimum atomic E-state index is -1.19. The van der Waals surface area contributed by atoms with Crippen molar-refractivity contribution >= 4 is 52.5 Å². The van der Waals surface area contributed by atoms with Gasteiger partial charge in [0, 0.05) is 16.6 Å². The molecule has 0 spiro atoms. The summed E-state index contributed by atoms with van der Waals surface area (Å²) in [5.74, 6) is -1.92. The number of fused-ring (bicyclic) bond motifs is 1. The zero-order chi connectivity index (χ0) is 31.3. The van der Waals surface area contributed by atoms with E-state index in [4.69, 9.17) is 42.8 Å². The molecule has 0 N–H and O–H groups in total. The minimum Gasteiger partial charge on any atom is -0.459 e. The summed E-state index contributed by atoms with van der Waals surface area (Å²) in [5, 5.41) is 2.01. The number of rotatable bonds is 8. The number of hydrogen-bond donors (Lipinski definition) is 0. The number of nitrogens with zero attached hydrogens (tertiary/aromatic N) is 1. The fourth-order valence-corrected chi connectivity index (χ4v) is 5.62. The summed E-state index contributed by atoms with van der Waals surface area (Å²) in [7, 11) is 0. The highest BCUT2D eigenvalue weighted by Gasteiger charge is 2.51. The van der Waals surface area contributed by atoms with E-state index >= 15 is 0 Å². The maximum absolute atomic E-state index is 13.4. The van der Waals surface area contributed by atoms with Crippen LogP contribution in [-0.2, 0) is 18.9 Å². The van der Waals surface area contributed by atoms with Gasteiger partial charge in [0.1, 0.15) is 17.4 Å². The number of esters is 3. The number of ether oxygens (including phenoxy) is 4. The lowest BCUT2D eigenvalue weighted by atomic mass is 10.1. The van der Waals surface area contributed by atoms with Crippen molar-refractivity contribution in [1.29, 1.82) is 0 Å². The number of hydrogen-bond acceptors (Lipinski definition) is 8. The van der Waals surface area contributed by atoms with Gasteiger partial charge in [-0.3, -0.25) is 0 Å². The first-order valence-corrected chi connectivity index (χ1v) is 14.9. The van der Waals surface area contributed by atoms with Crippen molar-refractivity contribution in [3.05, 3.63) is 148 Å². The van der Waals surface area contributed by atoms with Gasteiger partial charge in [0.2, 0.25) is 0 Å². The second kappa shape index (κ2) is 13.4. The predicted octanol–water partition coefficient (Wildman–Crippen LogP) is 7.23. The molecule has 8 nitrogen and oxygen atoms in total. The molecule has 0 aliphatic carbocycles. The topological polar surface area (TPSA) is 93.1 Å². The zero-order valence-electron chi connectivity index (χ0n) is 23.7. The molecule has 4 atom stereocenters. The molecule has 0 amide bonds. The summed E-state index contributed by atoms with van der Waals surface area (Å²) >= 11 is 12.1. The number of pyridine rings is 1. The molecule has 10 heteroatoms. The summed E-state index contributed by atoms with van der Waals surface area (Å²) in [6.07, 6.45) is -2.74. The van der Waals surface area contributed by atoms with Gasteiger partial charge in [-0.2, -0.15) is 0 Å². The van der Waals surface area contributed by atoms with Crippen LogP contribution in [0.25, 0.3) is 10.8 Å². The molecule has 1 saturated heterocycles. The van der Waals surface area contributed by atoms with E-state index < -0.39 is 42.4 Å². The fraction of sp³-hybridized carbons (Fsp3) is 0.143. The van der Waals surface area contributed by atoms with Crippen LogP contribution in [0.1, 0.15) is 37.3 Å². The Balaban J connectivity index is 1.40. The molecule has 0 unspecified atom stereocenters. The molecule has 0 bridgehead atoms. The highest BCUT2D eigenvalue weighted by molar-refractivity contribution is 7.71. The van der Waals surface area contributed by atoms with E-state index in [0.717, 1.165) is 5.39 Å². The van der Waals surface area contributed by atoms with Gasteiger partial charge in [0.15, 0.2) is 18.4 Å². The van der Waals surface area contributed by atoms with Crippen LogP contribution in [0.5, 0.6) is 0 Å². The molecule has 5 aromatic rings. The lowest BCUT2D eigenvalue weighted by Crippen LogP contribution is -2.41. The molecule has 0 saturated carbocycles. The third-order valence-electron chi connectivity index (χ3n) is 7.35. The Labute approximate surface area is 268 Å². The van der Waals surface area contributed by atoms with Crippen LogP contribution < -0.4 is 0 Å². The smallest absolute Gasteiger partial charge is 0.338 e. The first-order valence-electron chi connectivity index (χ1n) is 14.1. The molecule has 1 aliphatic heterocycles. The van der Waals surface area contributed by atoms with Crippen LogP contribution in [0.2, 0.25) is 5.02 Å². The summed E-state index contributed by atoms with van der Waals surface area (Å²) in [6.45, 7) is -0.302. The summed E-state index contributed by atoms with van der Waals surface area (Å²) in [4.78, 5) is 39.7. The van der Waals surface area contributed by atoms with Crippen molar-refractivity contribution in [1.82, 2.24) is 4.57 Å². The van der Waals surface area contributed by atoms with Crippen LogP contribution >= 0.6 is 23.8 Å². The van der Waals surface area contributed by atoms with E-state index in [2.05, 4.69) is 0 Å². The maximum atomic E-state index is 13.4. The van der Waals surface area contributed by atoms with Crippen molar-refractivity contribution in [2.45, 2.75) is 24.5 Å². The summed E-state index contributed by atoms with van der Waals surface area (Å²) in [5.41, 5.74) is 0.911. The molecule has 1 aliphatic rings. The van der Waals surface area contributed by atoms with Gasteiger partial charge in [-0.1, -0.05) is 84.5 Å². The van der Waals surface area contributed by atoms with Gasteiger partial charge >= 0.3 is 17.9 Å². The number of benzene rings is 4. The van der Waals surface area contributed by atoms with E-state index in [1.165, 1.54) is 0 Å². The van der Waals surface area contributed by atoms with Gasteiger partial charge in [-0.05, 0) is 60.0 Å². The highest BCUT2D eigenvalue weighted by Crippen LogP contribution is 2.37. The normalized spacial score (nSPS) is 19.1. The molecule has 4 aromatic carbocycles. The predicted molar refractivity (Wildman–Crippen MR) is 170 cm³/mol. The van der Waals surface area contributed by atoms with E-state index in [9.17, 15) is 14.4 Å². The Kier molecular flexibility index (Phi) is 9.02. The lowest BCUT2D eigenvalue weighted by molar-refractivity contribution is -0.0625. The standard InChI is InChI=1S/C35H26ClNO7S/c36-26-17-16-22-18-19-37(32(45)27(22)20-26)31-30(44-35(40)25-14-8-3-9-15-25)29(43-34(39)24-12-6-2-7-13-24)28(42-31)21-41-33(38)23-10-4-1-5-11-23/h1-20,28-31H,21H2/t28-,29+,30-,31-/m1/s1. The van der Waals surface area contributed by atoms with Crippen LogP contribution in [0, 0.1) is 4.64 Å². The fourth-order valence-electron chi connectivity index (χ4n) is 5.11. The van der Waals surface area contributed by atoms with Crippen LogP contribution in [0.3, 0.4) is 0 Å². The average molecular weight is 640 g/mol. The zero-order valence-corrected chi connectivity index (χ0v) is 25.2.